The van der Waals surface area contributed by atoms with Crippen LogP contribution in [0.3, 0.4) is 0 Å². The number of methoxy groups -OCH3 is 1. The van der Waals surface area contributed by atoms with E-state index in [1.165, 1.54) is 7.11 Å². The van der Waals surface area contributed by atoms with Gasteiger partial charge in [-0.15, -0.1) is 0 Å². The molecule has 1 unspecified atom stereocenters. The van der Waals surface area contributed by atoms with E-state index in [1.807, 2.05) is 25.1 Å². The summed E-state index contributed by atoms with van der Waals surface area (Å²) in [5.74, 6) is 0.740. The summed E-state index contributed by atoms with van der Waals surface area (Å²) in [6.45, 7) is 2.10. The molecule has 0 aromatic heterocycles. The van der Waals surface area contributed by atoms with Crippen molar-refractivity contribution < 1.29 is 23.8 Å². The van der Waals surface area contributed by atoms with Gasteiger partial charge in [0.25, 0.3) is 5.91 Å². The van der Waals surface area contributed by atoms with E-state index >= 15 is 0 Å². The van der Waals surface area contributed by atoms with Crippen LogP contribution in [0.5, 0.6) is 11.5 Å². The Morgan fingerprint density at radius 3 is 2.72 bits per heavy atom. The van der Waals surface area contributed by atoms with Crippen LogP contribution in [0.4, 0.5) is 0 Å². The number of ether oxygens (including phenoxy) is 3. The molecule has 0 bridgehead atoms. The first-order valence-corrected chi connectivity index (χ1v) is 7.93. The molecule has 3 rings (SSSR count). The SMILES string of the molecule is COC(=O)Cc1ccccc1C(=O)NC(C)c1ccc2c(c1)OCO2. The molecule has 1 amide bonds. The zero-order valence-electron chi connectivity index (χ0n) is 14.1. The first kappa shape index (κ1) is 16.8. The van der Waals surface area contributed by atoms with Gasteiger partial charge in [0.15, 0.2) is 11.5 Å². The van der Waals surface area contributed by atoms with Gasteiger partial charge in [-0.25, -0.2) is 0 Å². The number of benzene rings is 2. The molecule has 1 aliphatic rings. The van der Waals surface area contributed by atoms with Crippen LogP contribution in [0.25, 0.3) is 0 Å². The van der Waals surface area contributed by atoms with Crippen LogP contribution in [0.2, 0.25) is 0 Å². The smallest absolute Gasteiger partial charge is 0.310 e. The highest BCUT2D eigenvalue weighted by molar-refractivity contribution is 5.97. The van der Waals surface area contributed by atoms with Gasteiger partial charge in [-0.1, -0.05) is 24.3 Å². The molecule has 0 saturated carbocycles. The molecule has 1 heterocycles. The van der Waals surface area contributed by atoms with Crippen LogP contribution in [-0.2, 0) is 16.0 Å². The van der Waals surface area contributed by atoms with Gasteiger partial charge in [-0.05, 0) is 36.2 Å². The minimum absolute atomic E-state index is 0.0541. The summed E-state index contributed by atoms with van der Waals surface area (Å²) in [7, 11) is 1.33. The summed E-state index contributed by atoms with van der Waals surface area (Å²) >= 11 is 0. The Hall–Kier alpha value is -3.02. The minimum atomic E-state index is -0.385. The van der Waals surface area contributed by atoms with Gasteiger partial charge in [-0.3, -0.25) is 9.59 Å². The largest absolute Gasteiger partial charge is 0.469 e. The van der Waals surface area contributed by atoms with Crippen LogP contribution >= 0.6 is 0 Å². The Balaban J connectivity index is 1.75. The van der Waals surface area contributed by atoms with Crippen molar-refractivity contribution in [3.8, 4) is 11.5 Å². The fraction of sp³-hybridized carbons (Fsp3) is 0.263. The Bertz CT molecular complexity index is 802. The standard InChI is InChI=1S/C19H19NO5/c1-12(13-7-8-16-17(9-13)25-11-24-16)20-19(22)15-6-4-3-5-14(15)10-18(21)23-2/h3-9,12H,10-11H2,1-2H3,(H,20,22). The number of hydrogen-bond donors (Lipinski definition) is 1. The van der Waals surface area contributed by atoms with E-state index < -0.39 is 0 Å². The summed E-state index contributed by atoms with van der Waals surface area (Å²) in [4.78, 5) is 24.2. The number of amides is 1. The summed E-state index contributed by atoms with van der Waals surface area (Å²) in [6, 6.07) is 12.3. The third kappa shape index (κ3) is 3.74. The first-order valence-electron chi connectivity index (χ1n) is 7.93. The van der Waals surface area contributed by atoms with E-state index in [0.717, 1.165) is 5.56 Å². The maximum atomic E-state index is 12.6. The Morgan fingerprint density at radius 2 is 1.92 bits per heavy atom. The fourth-order valence-corrected chi connectivity index (χ4v) is 2.66. The number of rotatable bonds is 5. The highest BCUT2D eigenvalue weighted by Gasteiger charge is 2.19. The third-order valence-corrected chi connectivity index (χ3v) is 4.07. The molecule has 0 fully saturated rings. The molecule has 2 aromatic carbocycles. The van der Waals surface area contributed by atoms with E-state index in [-0.39, 0.29) is 31.1 Å². The van der Waals surface area contributed by atoms with Crippen LogP contribution < -0.4 is 14.8 Å². The average Bonchev–Trinajstić information content (AvgIpc) is 3.09. The first-order chi connectivity index (χ1) is 12.1. The van der Waals surface area contributed by atoms with Gasteiger partial charge >= 0.3 is 5.97 Å². The number of esters is 1. The molecule has 1 atom stereocenters. The fourth-order valence-electron chi connectivity index (χ4n) is 2.66. The lowest BCUT2D eigenvalue weighted by atomic mass is 10.0. The highest BCUT2D eigenvalue weighted by Crippen LogP contribution is 2.34. The van der Waals surface area contributed by atoms with Gasteiger partial charge in [0.2, 0.25) is 6.79 Å². The van der Waals surface area contributed by atoms with Crippen molar-refractivity contribution in [1.29, 1.82) is 0 Å². The zero-order chi connectivity index (χ0) is 17.8. The lowest BCUT2D eigenvalue weighted by molar-refractivity contribution is -0.139. The lowest BCUT2D eigenvalue weighted by Crippen LogP contribution is -2.28. The molecular weight excluding hydrogens is 322 g/mol. The summed E-state index contributed by atoms with van der Waals surface area (Å²) in [5.41, 5.74) is 1.99. The van der Waals surface area contributed by atoms with E-state index in [0.29, 0.717) is 22.6 Å². The number of carbonyl (C=O) groups is 2. The van der Waals surface area contributed by atoms with Crippen molar-refractivity contribution >= 4 is 11.9 Å². The quantitative estimate of drug-likeness (QED) is 0.846. The Kier molecular flexibility index (Phi) is 4.88. The molecule has 25 heavy (non-hydrogen) atoms. The topological polar surface area (TPSA) is 73.9 Å². The van der Waals surface area contributed by atoms with Gasteiger partial charge < -0.3 is 19.5 Å². The highest BCUT2D eigenvalue weighted by atomic mass is 16.7. The molecule has 6 nitrogen and oxygen atoms in total. The van der Waals surface area contributed by atoms with Crippen LogP contribution in [-0.4, -0.2) is 25.8 Å². The molecule has 2 aromatic rings. The van der Waals surface area contributed by atoms with E-state index in [1.54, 1.807) is 24.3 Å². The number of fused-ring (bicyclic) bond motifs is 1. The monoisotopic (exact) mass is 341 g/mol. The number of nitrogens with one attached hydrogen (secondary N) is 1. The van der Waals surface area contributed by atoms with E-state index in [2.05, 4.69) is 10.1 Å². The summed E-state index contributed by atoms with van der Waals surface area (Å²) < 4.78 is 15.3. The second-order valence-electron chi connectivity index (χ2n) is 5.72. The van der Waals surface area contributed by atoms with Crippen molar-refractivity contribution in [3.63, 3.8) is 0 Å². The van der Waals surface area contributed by atoms with Gasteiger partial charge in [0, 0.05) is 5.56 Å². The molecular formula is C19H19NO5. The lowest BCUT2D eigenvalue weighted by Gasteiger charge is -2.16. The molecule has 130 valence electrons. The number of carbonyl (C=O) groups excluding carboxylic acids is 2. The summed E-state index contributed by atoms with van der Waals surface area (Å²) in [5, 5.41) is 2.95. The van der Waals surface area contributed by atoms with Crippen molar-refractivity contribution in [2.45, 2.75) is 19.4 Å². The minimum Gasteiger partial charge on any atom is -0.469 e. The van der Waals surface area contributed by atoms with Crippen LogP contribution in [0.15, 0.2) is 42.5 Å². The van der Waals surface area contributed by atoms with Crippen molar-refractivity contribution in [2.75, 3.05) is 13.9 Å². The molecule has 1 N–H and O–H groups in total. The van der Waals surface area contributed by atoms with Gasteiger partial charge in [0.1, 0.15) is 0 Å². The van der Waals surface area contributed by atoms with Crippen LogP contribution in [0, 0.1) is 0 Å². The predicted molar refractivity (Wildman–Crippen MR) is 90.6 cm³/mol. The van der Waals surface area contributed by atoms with Crippen molar-refractivity contribution in [1.82, 2.24) is 5.32 Å². The maximum absolute atomic E-state index is 12.6. The molecule has 1 aliphatic heterocycles. The summed E-state index contributed by atoms with van der Waals surface area (Å²) in [6.07, 6.45) is 0.0541. The second kappa shape index (κ2) is 7.25. The Morgan fingerprint density at radius 1 is 1.16 bits per heavy atom. The van der Waals surface area contributed by atoms with Crippen molar-refractivity contribution in [3.05, 3.63) is 59.2 Å². The van der Waals surface area contributed by atoms with Gasteiger partial charge in [-0.2, -0.15) is 0 Å². The van der Waals surface area contributed by atoms with Crippen LogP contribution in [0.1, 0.15) is 34.5 Å². The molecule has 6 heteroatoms. The molecule has 0 aliphatic carbocycles. The molecule has 0 radical (unpaired) electrons. The average molecular weight is 341 g/mol. The van der Waals surface area contributed by atoms with E-state index in [9.17, 15) is 9.59 Å². The van der Waals surface area contributed by atoms with Gasteiger partial charge in [0.05, 0.1) is 19.6 Å². The third-order valence-electron chi connectivity index (χ3n) is 4.07. The second-order valence-corrected chi connectivity index (χ2v) is 5.72. The predicted octanol–water partition coefficient (Wildman–Crippen LogP) is 2.62. The molecule has 0 spiro atoms. The normalized spacial score (nSPS) is 13.2. The van der Waals surface area contributed by atoms with E-state index in [4.69, 9.17) is 9.47 Å². The zero-order valence-corrected chi connectivity index (χ0v) is 14.1. The molecule has 0 saturated heterocycles. The van der Waals surface area contributed by atoms with Crippen molar-refractivity contribution in [2.24, 2.45) is 0 Å². The maximum Gasteiger partial charge on any atom is 0.310 e. The number of hydrogen-bond acceptors (Lipinski definition) is 5. The Labute approximate surface area is 145 Å².